The van der Waals surface area contributed by atoms with Gasteiger partial charge < -0.3 is 11.1 Å². The molecule has 0 saturated carbocycles. The van der Waals surface area contributed by atoms with Gasteiger partial charge in [0.05, 0.1) is 11.3 Å². The summed E-state index contributed by atoms with van der Waals surface area (Å²) in [5.41, 5.74) is 7.30. The number of carbonyl (C=O) groups excluding carboxylic acids is 1. The molecule has 0 bridgehead atoms. The predicted octanol–water partition coefficient (Wildman–Crippen LogP) is 1.62. The van der Waals surface area contributed by atoms with Crippen LogP contribution in [0.4, 0.5) is 11.5 Å². The van der Waals surface area contributed by atoms with Gasteiger partial charge in [-0.15, -0.1) is 0 Å². The van der Waals surface area contributed by atoms with Crippen molar-refractivity contribution in [3.8, 4) is 0 Å². The third kappa shape index (κ3) is 2.39. The zero-order chi connectivity index (χ0) is 12.3. The third-order valence-electron chi connectivity index (χ3n) is 2.32. The second-order valence-electron chi connectivity index (χ2n) is 3.53. The van der Waals surface area contributed by atoms with Gasteiger partial charge in [0, 0.05) is 18.1 Å². The predicted molar refractivity (Wildman–Crippen MR) is 65.6 cm³/mol. The van der Waals surface area contributed by atoms with E-state index in [1.807, 2.05) is 0 Å². The Morgan fingerprint density at radius 2 is 1.94 bits per heavy atom. The van der Waals surface area contributed by atoms with Crippen LogP contribution < -0.4 is 11.1 Å². The van der Waals surface area contributed by atoms with Crippen LogP contribution in [0.2, 0.25) is 0 Å². The molecule has 0 atom stereocenters. The van der Waals surface area contributed by atoms with Crippen molar-refractivity contribution in [2.45, 2.75) is 6.92 Å². The van der Waals surface area contributed by atoms with Crippen molar-refractivity contribution in [3.05, 3.63) is 47.9 Å². The monoisotopic (exact) mass is 228 g/mol. The summed E-state index contributed by atoms with van der Waals surface area (Å²) < 4.78 is 0. The zero-order valence-corrected chi connectivity index (χ0v) is 9.34. The van der Waals surface area contributed by atoms with Crippen LogP contribution in [0.1, 0.15) is 16.1 Å². The number of carbonyl (C=O) groups is 1. The van der Waals surface area contributed by atoms with E-state index in [4.69, 9.17) is 5.73 Å². The van der Waals surface area contributed by atoms with Gasteiger partial charge in [0.2, 0.25) is 0 Å². The molecular formula is C12H12N4O. The fraction of sp³-hybridized carbons (Fsp3) is 0.0833. The molecule has 17 heavy (non-hydrogen) atoms. The first kappa shape index (κ1) is 11.1. The number of pyridine rings is 2. The van der Waals surface area contributed by atoms with Gasteiger partial charge in [-0.3, -0.25) is 9.78 Å². The van der Waals surface area contributed by atoms with Crippen molar-refractivity contribution in [1.29, 1.82) is 0 Å². The Hall–Kier alpha value is -2.43. The molecule has 0 fully saturated rings. The Bertz CT molecular complexity index is 554. The fourth-order valence-corrected chi connectivity index (χ4v) is 1.42. The van der Waals surface area contributed by atoms with Crippen molar-refractivity contribution in [1.82, 2.24) is 9.97 Å². The van der Waals surface area contributed by atoms with Crippen LogP contribution >= 0.6 is 0 Å². The van der Waals surface area contributed by atoms with Gasteiger partial charge in [0.25, 0.3) is 5.91 Å². The number of nitrogens with two attached hydrogens (primary N) is 1. The molecule has 5 nitrogen and oxygen atoms in total. The van der Waals surface area contributed by atoms with E-state index in [0.29, 0.717) is 22.8 Å². The van der Waals surface area contributed by atoms with Crippen LogP contribution in [0.25, 0.3) is 0 Å². The summed E-state index contributed by atoms with van der Waals surface area (Å²) in [6.45, 7) is 1.77. The summed E-state index contributed by atoms with van der Waals surface area (Å²) in [7, 11) is 0. The summed E-state index contributed by atoms with van der Waals surface area (Å²) >= 11 is 0. The highest BCUT2D eigenvalue weighted by molar-refractivity contribution is 6.05. The number of nitrogens with one attached hydrogen (secondary N) is 1. The molecule has 2 rings (SSSR count). The van der Waals surface area contributed by atoms with Crippen LogP contribution in [0, 0.1) is 6.92 Å². The molecule has 0 aliphatic rings. The Labute approximate surface area is 98.7 Å². The van der Waals surface area contributed by atoms with Crippen molar-refractivity contribution in [2.24, 2.45) is 0 Å². The Morgan fingerprint density at radius 3 is 2.65 bits per heavy atom. The van der Waals surface area contributed by atoms with Crippen LogP contribution in [-0.4, -0.2) is 15.9 Å². The number of anilines is 2. The molecule has 2 aromatic heterocycles. The maximum atomic E-state index is 11.9. The van der Waals surface area contributed by atoms with Gasteiger partial charge in [-0.1, -0.05) is 0 Å². The van der Waals surface area contributed by atoms with E-state index in [1.165, 1.54) is 0 Å². The van der Waals surface area contributed by atoms with E-state index >= 15 is 0 Å². The maximum absolute atomic E-state index is 11.9. The molecule has 1 amide bonds. The number of aryl methyl sites for hydroxylation is 1. The largest absolute Gasteiger partial charge is 0.396 e. The minimum atomic E-state index is -0.263. The molecule has 0 spiro atoms. The van der Waals surface area contributed by atoms with Crippen LogP contribution in [0.15, 0.2) is 36.7 Å². The molecule has 0 radical (unpaired) electrons. The van der Waals surface area contributed by atoms with Crippen LogP contribution in [-0.2, 0) is 0 Å². The summed E-state index contributed by atoms with van der Waals surface area (Å²) in [6.07, 6.45) is 3.21. The van der Waals surface area contributed by atoms with Gasteiger partial charge in [0.1, 0.15) is 0 Å². The van der Waals surface area contributed by atoms with Crippen molar-refractivity contribution >= 4 is 17.4 Å². The summed E-state index contributed by atoms with van der Waals surface area (Å²) in [6, 6.07) is 6.81. The molecule has 0 aliphatic heterocycles. The molecule has 3 N–H and O–H groups in total. The number of rotatable bonds is 2. The number of hydrogen-bond donors (Lipinski definition) is 2. The SMILES string of the molecule is Cc1ncccc1C(=O)Nc1ncccc1N. The zero-order valence-electron chi connectivity index (χ0n) is 9.34. The Morgan fingerprint density at radius 1 is 1.24 bits per heavy atom. The second-order valence-corrected chi connectivity index (χ2v) is 3.53. The van der Waals surface area contributed by atoms with Crippen molar-refractivity contribution < 1.29 is 4.79 Å². The number of amides is 1. The van der Waals surface area contributed by atoms with Gasteiger partial charge >= 0.3 is 0 Å². The topological polar surface area (TPSA) is 80.9 Å². The molecule has 5 heteroatoms. The van der Waals surface area contributed by atoms with E-state index in [9.17, 15) is 4.79 Å². The Balaban J connectivity index is 2.24. The number of nitrogens with zero attached hydrogens (tertiary/aromatic N) is 2. The van der Waals surface area contributed by atoms with Crippen molar-refractivity contribution in [3.63, 3.8) is 0 Å². The fourth-order valence-electron chi connectivity index (χ4n) is 1.42. The lowest BCUT2D eigenvalue weighted by molar-refractivity contribution is 0.102. The first-order valence-corrected chi connectivity index (χ1v) is 5.12. The van der Waals surface area contributed by atoms with E-state index in [2.05, 4.69) is 15.3 Å². The van der Waals surface area contributed by atoms with E-state index in [-0.39, 0.29) is 5.91 Å². The molecule has 2 heterocycles. The Kier molecular flexibility index (Phi) is 3.00. The molecule has 0 saturated heterocycles. The molecule has 0 unspecified atom stereocenters. The standard InChI is InChI=1S/C12H12N4O/c1-8-9(4-2-6-14-8)12(17)16-11-10(13)5-3-7-15-11/h2-7H,13H2,1H3,(H,15,16,17). The third-order valence-corrected chi connectivity index (χ3v) is 2.32. The average Bonchev–Trinajstić information content (AvgIpc) is 2.32. The van der Waals surface area contributed by atoms with Gasteiger partial charge in [-0.25, -0.2) is 4.98 Å². The lowest BCUT2D eigenvalue weighted by atomic mass is 10.2. The minimum Gasteiger partial charge on any atom is -0.396 e. The van der Waals surface area contributed by atoms with Crippen molar-refractivity contribution in [2.75, 3.05) is 11.1 Å². The van der Waals surface area contributed by atoms with Gasteiger partial charge in [0.15, 0.2) is 5.82 Å². The van der Waals surface area contributed by atoms with Gasteiger partial charge in [-0.2, -0.15) is 0 Å². The summed E-state index contributed by atoms with van der Waals surface area (Å²) in [5, 5.41) is 2.65. The lowest BCUT2D eigenvalue weighted by Crippen LogP contribution is -2.15. The smallest absolute Gasteiger partial charge is 0.258 e. The second kappa shape index (κ2) is 4.61. The summed E-state index contributed by atoms with van der Waals surface area (Å²) in [4.78, 5) is 20.0. The number of hydrogen-bond acceptors (Lipinski definition) is 4. The normalized spacial score (nSPS) is 9.94. The van der Waals surface area contributed by atoms with Crippen LogP contribution in [0.5, 0.6) is 0 Å². The van der Waals surface area contributed by atoms with E-state index in [1.54, 1.807) is 43.6 Å². The van der Waals surface area contributed by atoms with E-state index < -0.39 is 0 Å². The van der Waals surface area contributed by atoms with E-state index in [0.717, 1.165) is 0 Å². The highest BCUT2D eigenvalue weighted by Gasteiger charge is 2.11. The van der Waals surface area contributed by atoms with Gasteiger partial charge in [-0.05, 0) is 31.2 Å². The van der Waals surface area contributed by atoms with Crippen LogP contribution in [0.3, 0.4) is 0 Å². The molecule has 86 valence electrons. The molecule has 2 aromatic rings. The highest BCUT2D eigenvalue weighted by atomic mass is 16.1. The molecule has 0 aliphatic carbocycles. The maximum Gasteiger partial charge on any atom is 0.258 e. The number of nitrogen functional groups attached to an aromatic ring is 1. The lowest BCUT2D eigenvalue weighted by Gasteiger charge is -2.07. The first-order chi connectivity index (χ1) is 8.18. The average molecular weight is 228 g/mol. The minimum absolute atomic E-state index is 0.263. The summed E-state index contributed by atoms with van der Waals surface area (Å²) in [5.74, 6) is 0.0988. The quantitative estimate of drug-likeness (QED) is 0.818. The number of aromatic nitrogens is 2. The molecular weight excluding hydrogens is 216 g/mol. The first-order valence-electron chi connectivity index (χ1n) is 5.12. The molecule has 0 aromatic carbocycles. The highest BCUT2D eigenvalue weighted by Crippen LogP contribution is 2.15.